The van der Waals surface area contributed by atoms with Crippen molar-refractivity contribution in [3.05, 3.63) is 36.1 Å². The Kier molecular flexibility index (Phi) is 10.1. The monoisotopic (exact) mass is 542 g/mol. The van der Waals surface area contributed by atoms with Crippen molar-refractivity contribution in [3.63, 3.8) is 0 Å². The Morgan fingerprint density at radius 2 is 1.69 bits per heavy atom. The van der Waals surface area contributed by atoms with Crippen molar-refractivity contribution in [2.75, 3.05) is 13.1 Å². The van der Waals surface area contributed by atoms with Gasteiger partial charge >= 0.3 is 12.0 Å². The van der Waals surface area contributed by atoms with Crippen LogP contribution in [0.4, 0.5) is 4.79 Å². The SMILES string of the molecule is CC(C)C[C@H](NC(=O)N1CCC[C@H](NC(=O)[C@H](CC(C)C)NC(=O)c2cc3ccccc3o2)C(=O)C1)C(=O)O. The van der Waals surface area contributed by atoms with Gasteiger partial charge in [-0.25, -0.2) is 9.59 Å². The summed E-state index contributed by atoms with van der Waals surface area (Å²) in [4.78, 5) is 64.6. The number of hydrogen-bond acceptors (Lipinski definition) is 6. The van der Waals surface area contributed by atoms with Gasteiger partial charge in [0.2, 0.25) is 5.91 Å². The van der Waals surface area contributed by atoms with Crippen LogP contribution >= 0.6 is 0 Å². The molecule has 3 rings (SSSR count). The van der Waals surface area contributed by atoms with E-state index in [1.165, 1.54) is 4.90 Å². The van der Waals surface area contributed by atoms with Crippen LogP contribution in [0.2, 0.25) is 0 Å². The Bertz CT molecular complexity index is 1170. The van der Waals surface area contributed by atoms with E-state index in [-0.39, 0.29) is 42.9 Å². The summed E-state index contributed by atoms with van der Waals surface area (Å²) in [7, 11) is 0. The fourth-order valence-corrected chi connectivity index (χ4v) is 4.58. The first-order valence-corrected chi connectivity index (χ1v) is 13.3. The van der Waals surface area contributed by atoms with Crippen molar-refractivity contribution >= 4 is 40.6 Å². The molecule has 1 aromatic heterocycles. The number of rotatable bonds is 10. The van der Waals surface area contributed by atoms with E-state index in [0.29, 0.717) is 24.8 Å². The van der Waals surface area contributed by atoms with Crippen molar-refractivity contribution in [2.45, 2.75) is 71.5 Å². The van der Waals surface area contributed by atoms with Gasteiger partial charge in [-0.1, -0.05) is 45.9 Å². The second-order valence-electron chi connectivity index (χ2n) is 10.9. The quantitative estimate of drug-likeness (QED) is 0.359. The minimum atomic E-state index is -1.13. The average Bonchev–Trinajstić information content (AvgIpc) is 3.21. The zero-order chi connectivity index (χ0) is 28.7. The molecule has 11 nitrogen and oxygen atoms in total. The summed E-state index contributed by atoms with van der Waals surface area (Å²) in [6, 6.07) is 5.40. The summed E-state index contributed by atoms with van der Waals surface area (Å²) in [5.74, 6) is -2.30. The number of nitrogens with zero attached hydrogens (tertiary/aromatic N) is 1. The highest BCUT2D eigenvalue weighted by Gasteiger charge is 2.33. The predicted octanol–water partition coefficient (Wildman–Crippen LogP) is 2.94. The van der Waals surface area contributed by atoms with Crippen molar-refractivity contribution in [1.82, 2.24) is 20.9 Å². The lowest BCUT2D eigenvalue weighted by atomic mass is 10.0. The van der Waals surface area contributed by atoms with Crippen LogP contribution in [-0.2, 0) is 14.4 Å². The number of carboxylic acid groups (broad SMARTS) is 1. The van der Waals surface area contributed by atoms with Crippen molar-refractivity contribution in [2.24, 2.45) is 11.8 Å². The molecule has 0 radical (unpaired) electrons. The van der Waals surface area contributed by atoms with E-state index in [2.05, 4.69) is 16.0 Å². The van der Waals surface area contributed by atoms with Gasteiger partial charge in [0.1, 0.15) is 17.7 Å². The molecule has 4 N–H and O–H groups in total. The number of urea groups is 1. The first kappa shape index (κ1) is 29.7. The third-order valence-corrected chi connectivity index (χ3v) is 6.54. The standard InChI is InChI=1S/C28H38N4O7/c1-16(2)12-20(30-26(35)24-14-18-8-5-6-10-23(18)39-24)25(34)29-19-9-7-11-32(15-22(19)33)28(38)31-21(27(36)37)13-17(3)4/h5-6,8,10,14,16-17,19-21H,7,9,11-13,15H2,1-4H3,(H,29,34)(H,30,35)(H,31,38)(H,36,37)/t19-,20-,21-/m0/s1. The number of nitrogens with one attached hydrogen (secondary N) is 3. The van der Waals surface area contributed by atoms with Crippen molar-refractivity contribution in [3.8, 4) is 0 Å². The number of aliphatic carboxylic acids is 1. The number of carboxylic acids is 1. The number of Topliss-reactive ketones (excluding diaryl/α,β-unsaturated/α-hetero) is 1. The highest BCUT2D eigenvalue weighted by Crippen LogP contribution is 2.19. The second-order valence-corrected chi connectivity index (χ2v) is 10.9. The van der Waals surface area contributed by atoms with Crippen LogP contribution in [0.1, 0.15) is 63.9 Å². The van der Waals surface area contributed by atoms with Gasteiger partial charge in [0.15, 0.2) is 11.5 Å². The first-order valence-electron chi connectivity index (χ1n) is 13.3. The highest BCUT2D eigenvalue weighted by molar-refractivity contribution is 6.00. The molecule has 39 heavy (non-hydrogen) atoms. The Morgan fingerprint density at radius 3 is 2.33 bits per heavy atom. The van der Waals surface area contributed by atoms with Crippen LogP contribution in [-0.4, -0.2) is 70.8 Å². The van der Waals surface area contributed by atoms with Crippen molar-refractivity contribution < 1.29 is 33.5 Å². The van der Waals surface area contributed by atoms with Gasteiger partial charge < -0.3 is 30.4 Å². The topological polar surface area (TPSA) is 158 Å². The van der Waals surface area contributed by atoms with Gasteiger partial charge in [0.05, 0.1) is 12.6 Å². The van der Waals surface area contributed by atoms with Gasteiger partial charge in [-0.3, -0.25) is 14.4 Å². The molecule has 1 aromatic carbocycles. The molecule has 2 heterocycles. The number of benzene rings is 1. The number of furan rings is 1. The number of carbonyl (C=O) groups is 5. The minimum absolute atomic E-state index is 0.0582. The fourth-order valence-electron chi connectivity index (χ4n) is 4.58. The molecule has 2 aromatic rings. The molecular weight excluding hydrogens is 504 g/mol. The molecule has 0 bridgehead atoms. The maximum atomic E-state index is 13.2. The number of amides is 4. The number of ketones is 1. The maximum Gasteiger partial charge on any atom is 0.326 e. The van der Waals surface area contributed by atoms with Crippen LogP contribution in [0.25, 0.3) is 11.0 Å². The Labute approximate surface area is 227 Å². The lowest BCUT2D eigenvalue weighted by Gasteiger charge is -2.24. The average molecular weight is 543 g/mol. The van der Waals surface area contributed by atoms with Crippen LogP contribution in [0.5, 0.6) is 0 Å². The van der Waals surface area contributed by atoms with E-state index >= 15 is 0 Å². The molecule has 212 valence electrons. The first-order chi connectivity index (χ1) is 18.4. The van der Waals surface area contributed by atoms with E-state index in [0.717, 1.165) is 5.39 Å². The molecule has 0 spiro atoms. The molecule has 1 fully saturated rings. The van der Waals surface area contributed by atoms with Crippen molar-refractivity contribution in [1.29, 1.82) is 0 Å². The lowest BCUT2D eigenvalue weighted by molar-refractivity contribution is -0.139. The normalized spacial score (nSPS) is 17.5. The van der Waals surface area contributed by atoms with Gasteiger partial charge in [-0.15, -0.1) is 0 Å². The molecule has 1 saturated heterocycles. The number of likely N-dealkylation sites (tertiary alicyclic amines) is 1. The van der Waals surface area contributed by atoms with Crippen LogP contribution < -0.4 is 16.0 Å². The maximum absolute atomic E-state index is 13.2. The fraction of sp³-hybridized carbons (Fsp3) is 0.536. The van der Waals surface area contributed by atoms with Crippen LogP contribution in [0, 0.1) is 11.8 Å². The van der Waals surface area contributed by atoms with Gasteiger partial charge in [0.25, 0.3) is 5.91 Å². The van der Waals surface area contributed by atoms with Crippen LogP contribution in [0.15, 0.2) is 34.7 Å². The van der Waals surface area contributed by atoms with E-state index in [4.69, 9.17) is 4.42 Å². The Morgan fingerprint density at radius 1 is 1.03 bits per heavy atom. The number of para-hydroxylation sites is 1. The largest absolute Gasteiger partial charge is 0.480 e. The second kappa shape index (κ2) is 13.3. The Hall–Kier alpha value is -3.89. The molecule has 1 aliphatic rings. The number of fused-ring (bicyclic) bond motifs is 1. The van der Waals surface area contributed by atoms with Gasteiger partial charge in [-0.05, 0) is 49.7 Å². The summed E-state index contributed by atoms with van der Waals surface area (Å²) in [5, 5.41) is 18.2. The molecule has 4 amide bonds. The molecule has 0 unspecified atom stereocenters. The molecule has 3 atom stereocenters. The minimum Gasteiger partial charge on any atom is -0.480 e. The third-order valence-electron chi connectivity index (χ3n) is 6.54. The smallest absolute Gasteiger partial charge is 0.326 e. The van der Waals surface area contributed by atoms with Gasteiger partial charge in [0, 0.05) is 11.9 Å². The zero-order valence-electron chi connectivity index (χ0n) is 22.9. The molecule has 11 heteroatoms. The summed E-state index contributed by atoms with van der Waals surface area (Å²) < 4.78 is 5.62. The summed E-state index contributed by atoms with van der Waals surface area (Å²) in [6.07, 6.45) is 1.36. The number of carbonyl (C=O) groups excluding carboxylic acids is 4. The molecule has 0 aliphatic carbocycles. The summed E-state index contributed by atoms with van der Waals surface area (Å²) >= 11 is 0. The lowest BCUT2D eigenvalue weighted by Crippen LogP contribution is -2.53. The van der Waals surface area contributed by atoms with Gasteiger partial charge in [-0.2, -0.15) is 0 Å². The molecule has 0 saturated carbocycles. The van der Waals surface area contributed by atoms with Crippen LogP contribution in [0.3, 0.4) is 0 Å². The predicted molar refractivity (Wildman–Crippen MR) is 144 cm³/mol. The Balaban J connectivity index is 1.63. The zero-order valence-corrected chi connectivity index (χ0v) is 22.9. The third kappa shape index (κ3) is 8.30. The molecular formula is C28H38N4O7. The van der Waals surface area contributed by atoms with E-state index in [1.807, 2.05) is 39.8 Å². The summed E-state index contributed by atoms with van der Waals surface area (Å²) in [5.41, 5.74) is 0.559. The highest BCUT2D eigenvalue weighted by atomic mass is 16.4. The van der Waals surface area contributed by atoms with E-state index in [1.54, 1.807) is 18.2 Å². The molecule has 1 aliphatic heterocycles. The van der Waals surface area contributed by atoms with E-state index < -0.39 is 41.9 Å². The summed E-state index contributed by atoms with van der Waals surface area (Å²) in [6.45, 7) is 7.54. The van der Waals surface area contributed by atoms with E-state index in [9.17, 15) is 29.1 Å². The number of hydrogen-bond donors (Lipinski definition) is 4.